The van der Waals surface area contributed by atoms with Gasteiger partial charge in [0.25, 0.3) is 5.91 Å². The highest BCUT2D eigenvalue weighted by molar-refractivity contribution is 8.27. The summed E-state index contributed by atoms with van der Waals surface area (Å²) in [5.41, 5.74) is 1.40. The number of nitrogens with zero attached hydrogens (tertiary/aromatic N) is 1. The largest absolute Gasteiger partial charge is 0.490 e. The number of hydrogen-bond donors (Lipinski definition) is 0. The monoisotopic (exact) mass is 477 g/mol. The van der Waals surface area contributed by atoms with Crippen LogP contribution in [0.15, 0.2) is 47.4 Å². The van der Waals surface area contributed by atoms with Gasteiger partial charge in [0.05, 0.1) is 23.8 Å². The Morgan fingerprint density at radius 1 is 1.10 bits per heavy atom. The van der Waals surface area contributed by atoms with Crippen molar-refractivity contribution in [3.63, 3.8) is 0 Å². The minimum Gasteiger partial charge on any atom is -0.490 e. The summed E-state index contributed by atoms with van der Waals surface area (Å²) in [6.07, 6.45) is 1.74. The van der Waals surface area contributed by atoms with Crippen molar-refractivity contribution in [2.75, 3.05) is 24.7 Å². The number of amides is 1. The van der Waals surface area contributed by atoms with Crippen LogP contribution in [0.4, 0.5) is 5.69 Å². The van der Waals surface area contributed by atoms with Gasteiger partial charge < -0.3 is 14.2 Å². The second-order valence-electron chi connectivity index (χ2n) is 6.23. The molecule has 3 rings (SSSR count). The summed E-state index contributed by atoms with van der Waals surface area (Å²) in [4.78, 5) is 26.4. The summed E-state index contributed by atoms with van der Waals surface area (Å²) in [5, 5.41) is 0.582. The van der Waals surface area contributed by atoms with Gasteiger partial charge in [-0.05, 0) is 61.9 Å². The number of thioether (sulfide) groups is 1. The number of ether oxygens (including phenoxy) is 3. The molecule has 0 spiro atoms. The van der Waals surface area contributed by atoms with Crippen LogP contribution in [0.25, 0.3) is 6.08 Å². The molecule has 2 aromatic rings. The third kappa shape index (κ3) is 5.78. The number of benzene rings is 2. The number of thiocarbonyl (C=S) groups is 1. The molecule has 0 aromatic heterocycles. The molecule has 31 heavy (non-hydrogen) atoms. The van der Waals surface area contributed by atoms with Crippen LogP contribution in [-0.4, -0.2) is 36.0 Å². The molecule has 1 amide bonds. The van der Waals surface area contributed by atoms with Crippen LogP contribution in [0, 0.1) is 0 Å². The van der Waals surface area contributed by atoms with E-state index < -0.39 is 5.97 Å². The fourth-order valence-electron chi connectivity index (χ4n) is 2.77. The summed E-state index contributed by atoms with van der Waals surface area (Å²) in [5.74, 6) is 0.215. The Balaban J connectivity index is 1.81. The molecular formula is C22H20ClNO5S2. The average Bonchev–Trinajstić information content (AvgIpc) is 3.01. The van der Waals surface area contributed by atoms with E-state index in [1.165, 1.54) is 16.7 Å². The number of rotatable bonds is 8. The molecular weight excluding hydrogens is 458 g/mol. The first kappa shape index (κ1) is 23.1. The maximum Gasteiger partial charge on any atom is 0.344 e. The van der Waals surface area contributed by atoms with Gasteiger partial charge >= 0.3 is 5.97 Å². The van der Waals surface area contributed by atoms with Crippen molar-refractivity contribution in [1.29, 1.82) is 0 Å². The SMILES string of the molecule is CCOC(=O)COc1ccc(/C=C2/SC(=S)N(c3ccc(Cl)cc3)C2=O)cc1OCC. The van der Waals surface area contributed by atoms with Crippen LogP contribution in [0.3, 0.4) is 0 Å². The average molecular weight is 478 g/mol. The lowest BCUT2D eigenvalue weighted by atomic mass is 10.1. The molecule has 0 bridgehead atoms. The molecule has 9 heteroatoms. The van der Waals surface area contributed by atoms with Gasteiger partial charge in [0.1, 0.15) is 0 Å². The number of anilines is 1. The fraction of sp³-hybridized carbons (Fsp3) is 0.227. The first-order valence-electron chi connectivity index (χ1n) is 9.51. The first-order chi connectivity index (χ1) is 14.9. The summed E-state index contributed by atoms with van der Waals surface area (Å²) < 4.78 is 16.5. The molecule has 0 atom stereocenters. The van der Waals surface area contributed by atoms with Gasteiger partial charge in [-0.25, -0.2) is 4.79 Å². The van der Waals surface area contributed by atoms with Crippen molar-refractivity contribution in [2.24, 2.45) is 0 Å². The molecule has 0 N–H and O–H groups in total. The molecule has 0 unspecified atom stereocenters. The molecule has 2 aromatic carbocycles. The Kier molecular flexibility index (Phi) is 7.95. The van der Waals surface area contributed by atoms with E-state index in [0.29, 0.717) is 38.0 Å². The Morgan fingerprint density at radius 2 is 1.84 bits per heavy atom. The van der Waals surface area contributed by atoms with Gasteiger partial charge in [-0.2, -0.15) is 0 Å². The van der Waals surface area contributed by atoms with E-state index in [9.17, 15) is 9.59 Å². The molecule has 1 aliphatic heterocycles. The van der Waals surface area contributed by atoms with E-state index in [1.54, 1.807) is 55.5 Å². The number of carbonyl (C=O) groups is 2. The van der Waals surface area contributed by atoms with E-state index in [-0.39, 0.29) is 19.1 Å². The second-order valence-corrected chi connectivity index (χ2v) is 8.34. The van der Waals surface area contributed by atoms with Crippen LogP contribution in [0.2, 0.25) is 5.02 Å². The number of esters is 1. The third-order valence-corrected chi connectivity index (χ3v) is 5.65. The van der Waals surface area contributed by atoms with Crippen LogP contribution in [0.1, 0.15) is 19.4 Å². The lowest BCUT2D eigenvalue weighted by Gasteiger charge is -2.14. The molecule has 0 radical (unpaired) electrons. The predicted molar refractivity (Wildman–Crippen MR) is 127 cm³/mol. The van der Waals surface area contributed by atoms with Crippen LogP contribution >= 0.6 is 35.6 Å². The maximum atomic E-state index is 12.9. The number of halogens is 1. The van der Waals surface area contributed by atoms with Crippen LogP contribution < -0.4 is 14.4 Å². The summed E-state index contributed by atoms with van der Waals surface area (Å²) >= 11 is 12.6. The molecule has 1 saturated heterocycles. The lowest BCUT2D eigenvalue weighted by Crippen LogP contribution is -2.27. The molecule has 6 nitrogen and oxygen atoms in total. The molecule has 1 fully saturated rings. The van der Waals surface area contributed by atoms with Gasteiger partial charge in [-0.15, -0.1) is 0 Å². The molecule has 0 aliphatic carbocycles. The smallest absolute Gasteiger partial charge is 0.344 e. The Morgan fingerprint density at radius 3 is 2.52 bits per heavy atom. The summed E-state index contributed by atoms with van der Waals surface area (Å²) in [6.45, 7) is 4.06. The number of hydrogen-bond acceptors (Lipinski definition) is 7. The van der Waals surface area contributed by atoms with Crippen LogP contribution in [-0.2, 0) is 14.3 Å². The molecule has 1 heterocycles. The van der Waals surface area contributed by atoms with Crippen LogP contribution in [0.5, 0.6) is 11.5 Å². The molecule has 0 saturated carbocycles. The zero-order valence-electron chi connectivity index (χ0n) is 16.9. The van der Waals surface area contributed by atoms with Crippen molar-refractivity contribution in [2.45, 2.75) is 13.8 Å². The van der Waals surface area contributed by atoms with E-state index in [2.05, 4.69) is 0 Å². The topological polar surface area (TPSA) is 65.1 Å². The van der Waals surface area contributed by atoms with Crippen molar-refractivity contribution >= 4 is 63.5 Å². The zero-order chi connectivity index (χ0) is 22.4. The van der Waals surface area contributed by atoms with Gasteiger partial charge in [-0.1, -0.05) is 41.6 Å². The van der Waals surface area contributed by atoms with Crippen molar-refractivity contribution in [3.8, 4) is 11.5 Å². The van der Waals surface area contributed by atoms with E-state index >= 15 is 0 Å². The normalized spacial score (nSPS) is 14.8. The van der Waals surface area contributed by atoms with E-state index in [1.807, 2.05) is 6.92 Å². The first-order valence-corrected chi connectivity index (χ1v) is 11.1. The molecule has 162 valence electrons. The zero-order valence-corrected chi connectivity index (χ0v) is 19.3. The Hall–Kier alpha value is -2.55. The number of carbonyl (C=O) groups excluding carboxylic acids is 2. The van der Waals surface area contributed by atoms with E-state index in [0.717, 1.165) is 5.56 Å². The fourth-order valence-corrected chi connectivity index (χ4v) is 4.20. The van der Waals surface area contributed by atoms with E-state index in [4.69, 9.17) is 38.0 Å². The van der Waals surface area contributed by atoms with Crippen molar-refractivity contribution < 1.29 is 23.8 Å². The van der Waals surface area contributed by atoms with Gasteiger partial charge in [-0.3, -0.25) is 9.69 Å². The summed E-state index contributed by atoms with van der Waals surface area (Å²) in [7, 11) is 0. The van der Waals surface area contributed by atoms with Gasteiger partial charge in [0.2, 0.25) is 0 Å². The Labute approximate surface area is 195 Å². The van der Waals surface area contributed by atoms with Crippen molar-refractivity contribution in [3.05, 3.63) is 58.0 Å². The highest BCUT2D eigenvalue weighted by atomic mass is 35.5. The predicted octanol–water partition coefficient (Wildman–Crippen LogP) is 5.09. The standard InChI is InChI=1S/C22H20ClNO5S2/c1-3-27-18-11-14(5-10-17(18)29-13-20(25)28-4-2)12-19-21(26)24(22(30)31-19)16-8-6-15(23)7-9-16/h5-12H,3-4,13H2,1-2H3/b19-12+. The second kappa shape index (κ2) is 10.7. The minimum absolute atomic E-state index is 0.210. The highest BCUT2D eigenvalue weighted by Gasteiger charge is 2.33. The molecule has 1 aliphatic rings. The third-order valence-electron chi connectivity index (χ3n) is 4.09. The quantitative estimate of drug-likeness (QED) is 0.298. The van der Waals surface area contributed by atoms with Crippen molar-refractivity contribution in [1.82, 2.24) is 0 Å². The van der Waals surface area contributed by atoms with Gasteiger partial charge in [0, 0.05) is 5.02 Å². The summed E-state index contributed by atoms with van der Waals surface area (Å²) in [6, 6.07) is 12.1. The lowest BCUT2D eigenvalue weighted by molar-refractivity contribution is -0.145. The highest BCUT2D eigenvalue weighted by Crippen LogP contribution is 2.37. The maximum absolute atomic E-state index is 12.9. The Bertz CT molecular complexity index is 1020. The minimum atomic E-state index is -0.458. The van der Waals surface area contributed by atoms with Gasteiger partial charge in [0.15, 0.2) is 22.4 Å².